The first kappa shape index (κ1) is 29.6. The second-order valence-corrected chi connectivity index (χ2v) is 13.7. The number of rotatable bonds is 5. The van der Waals surface area contributed by atoms with E-state index in [9.17, 15) is 0 Å². The molecule has 0 unspecified atom stereocenters. The molecule has 3 heteroatoms. The SMILES string of the molecule is c1ccc(-c2ccc(N(c3ccc(-c4ccc5c(ccc6ccccc65)c4)cc3)c3cccc4oc5ccc6c7ccccc7oc6c5c34)cc2)cc1. The molecule has 11 rings (SSSR count). The third kappa shape index (κ3) is 4.75. The van der Waals surface area contributed by atoms with Gasteiger partial charge in [0.15, 0.2) is 0 Å². The molecule has 2 aromatic heterocycles. The zero-order chi connectivity index (χ0) is 34.9. The minimum absolute atomic E-state index is 0.804. The molecule has 0 N–H and O–H groups in total. The highest BCUT2D eigenvalue weighted by molar-refractivity contribution is 6.25. The van der Waals surface area contributed by atoms with Crippen molar-refractivity contribution in [3.05, 3.63) is 188 Å². The number of fused-ring (bicyclic) bond motifs is 10. The Balaban J connectivity index is 1.09. The summed E-state index contributed by atoms with van der Waals surface area (Å²) >= 11 is 0. The van der Waals surface area contributed by atoms with Gasteiger partial charge in [0, 0.05) is 22.1 Å². The second kappa shape index (κ2) is 11.7. The minimum atomic E-state index is 0.804. The van der Waals surface area contributed by atoms with Gasteiger partial charge in [0.25, 0.3) is 0 Å². The first-order valence-corrected chi connectivity index (χ1v) is 18.0. The quantitative estimate of drug-likeness (QED) is 0.170. The van der Waals surface area contributed by atoms with Gasteiger partial charge in [0.05, 0.1) is 16.5 Å². The van der Waals surface area contributed by atoms with E-state index in [0.29, 0.717) is 0 Å². The molecule has 248 valence electrons. The van der Waals surface area contributed by atoms with Gasteiger partial charge in [-0.25, -0.2) is 0 Å². The van der Waals surface area contributed by atoms with Gasteiger partial charge < -0.3 is 13.7 Å². The molecule has 0 bridgehead atoms. The molecule has 0 aliphatic rings. The van der Waals surface area contributed by atoms with Gasteiger partial charge in [-0.3, -0.25) is 0 Å². The van der Waals surface area contributed by atoms with Crippen LogP contribution >= 0.6 is 0 Å². The summed E-state index contributed by atoms with van der Waals surface area (Å²) < 4.78 is 13.1. The summed E-state index contributed by atoms with van der Waals surface area (Å²) in [5.74, 6) is 0. The largest absolute Gasteiger partial charge is 0.456 e. The van der Waals surface area contributed by atoms with Crippen LogP contribution in [-0.4, -0.2) is 0 Å². The van der Waals surface area contributed by atoms with Crippen LogP contribution in [-0.2, 0) is 0 Å². The molecule has 11 aromatic rings. The van der Waals surface area contributed by atoms with Gasteiger partial charge in [-0.1, -0.05) is 127 Å². The van der Waals surface area contributed by atoms with E-state index >= 15 is 0 Å². The van der Waals surface area contributed by atoms with Gasteiger partial charge >= 0.3 is 0 Å². The van der Waals surface area contributed by atoms with Crippen LogP contribution < -0.4 is 4.90 Å². The molecule has 0 spiro atoms. The van der Waals surface area contributed by atoms with E-state index < -0.39 is 0 Å². The van der Waals surface area contributed by atoms with Crippen LogP contribution in [0.3, 0.4) is 0 Å². The molecule has 0 aliphatic carbocycles. The Labute approximate surface area is 305 Å². The van der Waals surface area contributed by atoms with Crippen molar-refractivity contribution >= 4 is 82.5 Å². The second-order valence-electron chi connectivity index (χ2n) is 13.7. The van der Waals surface area contributed by atoms with Crippen molar-refractivity contribution in [2.75, 3.05) is 4.90 Å². The Morgan fingerprint density at radius 2 is 0.906 bits per heavy atom. The lowest BCUT2D eigenvalue weighted by Gasteiger charge is -2.26. The predicted octanol–water partition coefficient (Wildman–Crippen LogP) is 14.6. The molecule has 0 atom stereocenters. The highest BCUT2D eigenvalue weighted by Crippen LogP contribution is 2.46. The standard InChI is InChI=1S/C50H31NO2/c1-2-9-32(10-3-1)33-19-24-38(25-20-33)51(39-26-21-34(22-27-39)36-23-28-41-37(31-36)18-17-35-11-4-5-12-40(35)41)44-14-8-16-46-48(44)49-47(52-46)30-29-43-42-13-6-7-15-45(42)53-50(43)49/h1-31H. The van der Waals surface area contributed by atoms with Gasteiger partial charge in [-0.05, 0) is 104 Å². The van der Waals surface area contributed by atoms with E-state index in [2.05, 4.69) is 181 Å². The monoisotopic (exact) mass is 677 g/mol. The average molecular weight is 678 g/mol. The van der Waals surface area contributed by atoms with Crippen LogP contribution in [0.5, 0.6) is 0 Å². The molecule has 0 saturated heterocycles. The van der Waals surface area contributed by atoms with E-state index in [-0.39, 0.29) is 0 Å². The zero-order valence-electron chi connectivity index (χ0n) is 28.7. The fourth-order valence-electron chi connectivity index (χ4n) is 8.11. The Kier molecular flexibility index (Phi) is 6.55. The lowest BCUT2D eigenvalue weighted by Crippen LogP contribution is -2.10. The van der Waals surface area contributed by atoms with Crippen LogP contribution in [0.2, 0.25) is 0 Å². The number of benzene rings is 9. The van der Waals surface area contributed by atoms with E-state index in [0.717, 1.165) is 60.9 Å². The van der Waals surface area contributed by atoms with Crippen LogP contribution in [0.4, 0.5) is 17.1 Å². The van der Waals surface area contributed by atoms with Crippen LogP contribution in [0.15, 0.2) is 197 Å². The van der Waals surface area contributed by atoms with Gasteiger partial charge in [0.2, 0.25) is 0 Å². The van der Waals surface area contributed by atoms with Gasteiger partial charge in [-0.15, -0.1) is 0 Å². The summed E-state index contributed by atoms with van der Waals surface area (Å²) in [5, 5.41) is 9.23. The van der Waals surface area contributed by atoms with Crippen LogP contribution in [0.25, 0.3) is 87.7 Å². The third-order valence-electron chi connectivity index (χ3n) is 10.7. The maximum atomic E-state index is 6.58. The van der Waals surface area contributed by atoms with Crippen molar-refractivity contribution in [2.24, 2.45) is 0 Å². The third-order valence-corrected chi connectivity index (χ3v) is 10.7. The van der Waals surface area contributed by atoms with E-state index in [1.807, 2.05) is 12.1 Å². The first-order chi connectivity index (χ1) is 26.3. The molecule has 3 nitrogen and oxygen atoms in total. The smallest absolute Gasteiger partial charge is 0.147 e. The number of para-hydroxylation sites is 1. The molecule has 53 heavy (non-hydrogen) atoms. The summed E-state index contributed by atoms with van der Waals surface area (Å²) in [6, 6.07) is 66.8. The molecule has 0 radical (unpaired) electrons. The predicted molar refractivity (Wildman–Crippen MR) is 222 cm³/mol. The molecule has 9 aromatic carbocycles. The molecule has 0 saturated carbocycles. The number of furan rings is 2. The molecule has 0 aliphatic heterocycles. The number of hydrogen-bond donors (Lipinski definition) is 0. The Bertz CT molecular complexity index is 3150. The summed E-state index contributed by atoms with van der Waals surface area (Å²) in [6.07, 6.45) is 0. The normalized spacial score (nSPS) is 11.8. The summed E-state index contributed by atoms with van der Waals surface area (Å²) in [6.45, 7) is 0. The van der Waals surface area contributed by atoms with Crippen molar-refractivity contribution < 1.29 is 8.83 Å². The maximum absolute atomic E-state index is 6.58. The van der Waals surface area contributed by atoms with Gasteiger partial charge in [-0.2, -0.15) is 0 Å². The van der Waals surface area contributed by atoms with Gasteiger partial charge in [0.1, 0.15) is 22.3 Å². The van der Waals surface area contributed by atoms with Crippen LogP contribution in [0, 0.1) is 0 Å². The van der Waals surface area contributed by atoms with E-state index in [4.69, 9.17) is 8.83 Å². The fourth-order valence-corrected chi connectivity index (χ4v) is 8.11. The van der Waals surface area contributed by atoms with E-state index in [1.54, 1.807) is 0 Å². The van der Waals surface area contributed by atoms with Crippen molar-refractivity contribution in [3.8, 4) is 22.3 Å². The van der Waals surface area contributed by atoms with Crippen molar-refractivity contribution in [1.82, 2.24) is 0 Å². The lowest BCUT2D eigenvalue weighted by atomic mass is 9.97. The summed E-state index contributed by atoms with van der Waals surface area (Å²) in [5.41, 5.74) is 11.2. The molecule has 0 fully saturated rings. The van der Waals surface area contributed by atoms with Crippen molar-refractivity contribution in [1.29, 1.82) is 0 Å². The number of hydrogen-bond acceptors (Lipinski definition) is 3. The van der Waals surface area contributed by atoms with Crippen molar-refractivity contribution in [2.45, 2.75) is 0 Å². The topological polar surface area (TPSA) is 29.5 Å². The molecular weight excluding hydrogens is 647 g/mol. The maximum Gasteiger partial charge on any atom is 0.147 e. The number of anilines is 3. The average Bonchev–Trinajstić information content (AvgIpc) is 3.81. The van der Waals surface area contributed by atoms with Crippen LogP contribution in [0.1, 0.15) is 0 Å². The zero-order valence-corrected chi connectivity index (χ0v) is 28.7. The molecule has 2 heterocycles. The van der Waals surface area contributed by atoms with Crippen molar-refractivity contribution in [3.63, 3.8) is 0 Å². The number of nitrogens with zero attached hydrogens (tertiary/aromatic N) is 1. The minimum Gasteiger partial charge on any atom is -0.456 e. The Morgan fingerprint density at radius 3 is 1.72 bits per heavy atom. The first-order valence-electron chi connectivity index (χ1n) is 18.0. The fraction of sp³-hybridized carbons (Fsp3) is 0. The Morgan fingerprint density at radius 1 is 0.321 bits per heavy atom. The lowest BCUT2D eigenvalue weighted by molar-refractivity contribution is 0.663. The Hall–Kier alpha value is -7.10. The summed E-state index contributed by atoms with van der Waals surface area (Å²) in [7, 11) is 0. The summed E-state index contributed by atoms with van der Waals surface area (Å²) in [4.78, 5) is 2.34. The molecule has 0 amide bonds. The highest BCUT2D eigenvalue weighted by Gasteiger charge is 2.23. The molecular formula is C50H31NO2. The van der Waals surface area contributed by atoms with E-state index in [1.165, 1.54) is 43.8 Å². The highest BCUT2D eigenvalue weighted by atomic mass is 16.3.